The van der Waals surface area contributed by atoms with Crippen molar-refractivity contribution >= 4 is 5.91 Å². The van der Waals surface area contributed by atoms with Gasteiger partial charge in [-0.25, -0.2) is 4.68 Å². The predicted molar refractivity (Wildman–Crippen MR) is 92.9 cm³/mol. The Morgan fingerprint density at radius 1 is 1.30 bits per heavy atom. The van der Waals surface area contributed by atoms with Gasteiger partial charge in [0.05, 0.1) is 6.54 Å². The van der Waals surface area contributed by atoms with E-state index in [1.165, 1.54) is 9.58 Å². The summed E-state index contributed by atoms with van der Waals surface area (Å²) in [5, 5.41) is 14.0. The third kappa shape index (κ3) is 6.63. The number of carbonyl (C=O) groups is 1. The van der Waals surface area contributed by atoms with Gasteiger partial charge in [0.25, 0.3) is 0 Å². The van der Waals surface area contributed by atoms with E-state index in [4.69, 9.17) is 0 Å². The Kier molecular flexibility index (Phi) is 7.28. The normalized spacial score (nSPS) is 13.0. The summed E-state index contributed by atoms with van der Waals surface area (Å²) in [6.45, 7) is 2.79. The summed E-state index contributed by atoms with van der Waals surface area (Å²) < 4.78 is 39.0. The van der Waals surface area contributed by atoms with E-state index in [1.807, 2.05) is 30.3 Å². The summed E-state index contributed by atoms with van der Waals surface area (Å²) in [5.41, 5.74) is 0.930. The quantitative estimate of drug-likeness (QED) is 0.713. The molecule has 1 N–H and O–H groups in total. The first-order chi connectivity index (χ1) is 12.8. The lowest BCUT2D eigenvalue weighted by Gasteiger charge is -2.23. The molecule has 0 bridgehead atoms. The van der Waals surface area contributed by atoms with Crippen molar-refractivity contribution in [3.8, 4) is 0 Å². The first kappa shape index (κ1) is 20.8. The summed E-state index contributed by atoms with van der Waals surface area (Å²) in [5.74, 6) is 0.149. The van der Waals surface area contributed by atoms with Gasteiger partial charge in [-0.15, -0.1) is 5.10 Å². The minimum absolute atomic E-state index is 0.106. The highest BCUT2D eigenvalue weighted by Crippen LogP contribution is 2.16. The fourth-order valence-corrected chi connectivity index (χ4v) is 2.71. The molecule has 1 amide bonds. The van der Waals surface area contributed by atoms with Crippen LogP contribution in [0.15, 0.2) is 30.3 Å². The number of benzene rings is 1. The zero-order valence-electron chi connectivity index (χ0n) is 15.3. The summed E-state index contributed by atoms with van der Waals surface area (Å²) in [6.07, 6.45) is -3.89. The first-order valence-corrected chi connectivity index (χ1v) is 8.65. The molecule has 10 heteroatoms. The lowest BCUT2D eigenvalue weighted by Crippen LogP contribution is -2.42. The lowest BCUT2D eigenvalue weighted by atomic mass is 10.1. The lowest BCUT2D eigenvalue weighted by molar-refractivity contribution is -0.145. The number of rotatable bonds is 9. The topological polar surface area (TPSA) is 75.9 Å². The molecule has 0 aliphatic rings. The molecule has 0 saturated heterocycles. The van der Waals surface area contributed by atoms with Gasteiger partial charge in [-0.05, 0) is 29.5 Å². The number of hydrogen-bond donors (Lipinski definition) is 1. The van der Waals surface area contributed by atoms with E-state index in [2.05, 4.69) is 20.8 Å². The molecule has 0 aliphatic carbocycles. The largest absolute Gasteiger partial charge is 0.401 e. The molecule has 1 heterocycles. The van der Waals surface area contributed by atoms with Gasteiger partial charge in [-0.2, -0.15) is 13.2 Å². The smallest absolute Gasteiger partial charge is 0.353 e. The average Bonchev–Trinajstić information content (AvgIpc) is 3.04. The molecule has 1 aromatic heterocycles. The second-order valence-electron chi connectivity index (χ2n) is 6.15. The van der Waals surface area contributed by atoms with Crippen molar-refractivity contribution in [3.63, 3.8) is 0 Å². The molecule has 2 aromatic rings. The van der Waals surface area contributed by atoms with Crippen LogP contribution in [0, 0.1) is 6.92 Å². The number of halogens is 3. The number of alkyl halides is 3. The molecule has 0 saturated carbocycles. The van der Waals surface area contributed by atoms with Crippen LogP contribution in [-0.4, -0.2) is 63.4 Å². The minimum atomic E-state index is -4.26. The van der Waals surface area contributed by atoms with Gasteiger partial charge >= 0.3 is 6.18 Å². The van der Waals surface area contributed by atoms with Crippen molar-refractivity contribution in [1.82, 2.24) is 30.4 Å². The molecule has 27 heavy (non-hydrogen) atoms. The predicted octanol–water partition coefficient (Wildman–Crippen LogP) is 1.77. The molecule has 2 rings (SSSR count). The van der Waals surface area contributed by atoms with E-state index in [0.29, 0.717) is 12.2 Å². The number of carbonyl (C=O) groups excluding carboxylic acids is 1. The fourth-order valence-electron chi connectivity index (χ4n) is 2.71. The van der Waals surface area contributed by atoms with E-state index in [0.717, 1.165) is 5.56 Å². The van der Waals surface area contributed by atoms with Crippen molar-refractivity contribution in [1.29, 1.82) is 0 Å². The van der Waals surface area contributed by atoms with Gasteiger partial charge in [-0.3, -0.25) is 9.69 Å². The molecule has 0 radical (unpaired) electrons. The molecule has 7 nitrogen and oxygen atoms in total. The van der Waals surface area contributed by atoms with Crippen LogP contribution in [0.2, 0.25) is 0 Å². The zero-order chi connectivity index (χ0) is 19.9. The summed E-state index contributed by atoms with van der Waals surface area (Å²) in [4.78, 5) is 13.9. The molecule has 148 valence electrons. The van der Waals surface area contributed by atoms with Crippen molar-refractivity contribution in [2.24, 2.45) is 0 Å². The zero-order valence-corrected chi connectivity index (χ0v) is 15.3. The van der Waals surface area contributed by atoms with Gasteiger partial charge < -0.3 is 5.32 Å². The molecule has 1 atom stereocenters. The molecular formula is C17H23F3N6O. The maximum absolute atomic E-state index is 12.7. The van der Waals surface area contributed by atoms with E-state index in [-0.39, 0.29) is 25.5 Å². The van der Waals surface area contributed by atoms with Gasteiger partial charge in [-0.1, -0.05) is 37.3 Å². The van der Waals surface area contributed by atoms with Crippen LogP contribution in [0.25, 0.3) is 0 Å². The standard InChI is InChI=1S/C17H23F3N6O/c1-3-25(12-17(18,19)20)10-9-21-16(27)15(26-13(2)22-23-24-26)11-14-7-5-4-6-8-14/h4-8,15H,3,9-12H2,1-2H3,(H,21,27). The molecule has 0 spiro atoms. The molecule has 0 aliphatic heterocycles. The highest BCUT2D eigenvalue weighted by Gasteiger charge is 2.30. The van der Waals surface area contributed by atoms with Gasteiger partial charge in [0, 0.05) is 19.5 Å². The molecule has 1 unspecified atom stereocenters. The highest BCUT2D eigenvalue weighted by molar-refractivity contribution is 5.80. The SMILES string of the molecule is CCN(CCNC(=O)C(Cc1ccccc1)n1nnnc1C)CC(F)(F)F. The molecular weight excluding hydrogens is 361 g/mol. The average molecular weight is 384 g/mol. The Morgan fingerprint density at radius 2 is 2.00 bits per heavy atom. The third-order valence-electron chi connectivity index (χ3n) is 4.10. The Labute approximate surface area is 155 Å². The number of hydrogen-bond acceptors (Lipinski definition) is 5. The van der Waals surface area contributed by atoms with Crippen molar-refractivity contribution in [2.45, 2.75) is 32.5 Å². The van der Waals surface area contributed by atoms with Crippen LogP contribution in [0.4, 0.5) is 13.2 Å². The number of nitrogens with one attached hydrogen (secondary N) is 1. The Hall–Kier alpha value is -2.49. The van der Waals surface area contributed by atoms with E-state index in [1.54, 1.807) is 13.8 Å². The first-order valence-electron chi connectivity index (χ1n) is 8.65. The van der Waals surface area contributed by atoms with Crippen LogP contribution in [0.3, 0.4) is 0 Å². The van der Waals surface area contributed by atoms with E-state index >= 15 is 0 Å². The number of tetrazole rings is 1. The van der Waals surface area contributed by atoms with Crippen LogP contribution in [0.5, 0.6) is 0 Å². The Balaban J connectivity index is 2.01. The van der Waals surface area contributed by atoms with Crippen molar-refractivity contribution < 1.29 is 18.0 Å². The number of amides is 1. The molecule has 1 aromatic carbocycles. The van der Waals surface area contributed by atoms with Crippen LogP contribution < -0.4 is 5.32 Å². The van der Waals surface area contributed by atoms with Crippen molar-refractivity contribution in [2.75, 3.05) is 26.2 Å². The van der Waals surface area contributed by atoms with Gasteiger partial charge in [0.15, 0.2) is 0 Å². The minimum Gasteiger partial charge on any atom is -0.353 e. The van der Waals surface area contributed by atoms with Crippen LogP contribution in [-0.2, 0) is 11.2 Å². The summed E-state index contributed by atoms with van der Waals surface area (Å²) in [7, 11) is 0. The number of aryl methyl sites for hydroxylation is 1. The second-order valence-corrected chi connectivity index (χ2v) is 6.15. The maximum Gasteiger partial charge on any atom is 0.401 e. The number of aromatic nitrogens is 4. The maximum atomic E-state index is 12.7. The monoisotopic (exact) mass is 384 g/mol. The van der Waals surface area contributed by atoms with Gasteiger partial charge in [0.2, 0.25) is 5.91 Å². The van der Waals surface area contributed by atoms with Crippen molar-refractivity contribution in [3.05, 3.63) is 41.7 Å². The van der Waals surface area contributed by atoms with Crippen LogP contribution >= 0.6 is 0 Å². The number of likely N-dealkylation sites (N-methyl/N-ethyl adjacent to an activating group) is 1. The van der Waals surface area contributed by atoms with Crippen LogP contribution in [0.1, 0.15) is 24.4 Å². The summed E-state index contributed by atoms with van der Waals surface area (Å²) in [6, 6.07) is 8.71. The highest BCUT2D eigenvalue weighted by atomic mass is 19.4. The van der Waals surface area contributed by atoms with E-state index in [9.17, 15) is 18.0 Å². The Morgan fingerprint density at radius 3 is 2.56 bits per heavy atom. The molecule has 0 fully saturated rings. The van der Waals surface area contributed by atoms with Gasteiger partial charge in [0.1, 0.15) is 11.9 Å². The second kappa shape index (κ2) is 9.45. The van der Waals surface area contributed by atoms with E-state index < -0.39 is 18.8 Å². The Bertz CT molecular complexity index is 719. The third-order valence-corrected chi connectivity index (χ3v) is 4.10. The fraction of sp³-hybridized carbons (Fsp3) is 0.529. The summed E-state index contributed by atoms with van der Waals surface area (Å²) >= 11 is 0. The number of nitrogens with zero attached hydrogens (tertiary/aromatic N) is 5.